The molecule has 0 aromatic heterocycles. The zero-order valence-electron chi connectivity index (χ0n) is 28.4. The molecule has 0 N–H and O–H groups in total. The first kappa shape index (κ1) is 34.5. The number of aldehydes is 2. The van der Waals surface area contributed by atoms with Crippen LogP contribution in [0.3, 0.4) is 0 Å². The molecule has 0 radical (unpaired) electrons. The van der Waals surface area contributed by atoms with E-state index in [4.69, 9.17) is 4.74 Å². The highest BCUT2D eigenvalue weighted by molar-refractivity contribution is 5.53. The lowest BCUT2D eigenvalue weighted by atomic mass is 9.68. The fraction of sp³-hybridized carbons (Fsp3) is 0.667. The van der Waals surface area contributed by atoms with Crippen LogP contribution in [-0.4, -0.2) is 25.8 Å². The molecule has 5 heteroatoms. The first-order valence-corrected chi connectivity index (χ1v) is 19.1. The molecule has 0 atom stereocenters. The Hall–Kier alpha value is -2.40. The van der Waals surface area contributed by atoms with Gasteiger partial charge < -0.3 is 14.3 Å². The van der Waals surface area contributed by atoms with Crippen molar-refractivity contribution in [2.24, 2.45) is 35.5 Å². The van der Waals surface area contributed by atoms with Crippen LogP contribution in [0.5, 0.6) is 0 Å². The Kier molecular flexibility index (Phi) is 12.3. The van der Waals surface area contributed by atoms with Gasteiger partial charge in [-0.2, -0.15) is 0 Å². The molecular formula is C42H56F2O3. The summed E-state index contributed by atoms with van der Waals surface area (Å²) in [7, 11) is 0. The Morgan fingerprint density at radius 3 is 1.17 bits per heavy atom. The van der Waals surface area contributed by atoms with Gasteiger partial charge in [0.15, 0.2) is 0 Å². The first-order chi connectivity index (χ1) is 23.0. The smallest absolute Gasteiger partial charge is 0.126 e. The number of halogens is 2. The lowest BCUT2D eigenvalue weighted by Gasteiger charge is -2.37. The second-order valence-corrected chi connectivity index (χ2v) is 15.7. The van der Waals surface area contributed by atoms with Crippen molar-refractivity contribution in [3.05, 3.63) is 70.3 Å². The van der Waals surface area contributed by atoms with Crippen molar-refractivity contribution in [1.29, 1.82) is 0 Å². The van der Waals surface area contributed by atoms with Gasteiger partial charge in [-0.1, -0.05) is 24.3 Å². The van der Waals surface area contributed by atoms with Gasteiger partial charge in [-0.15, -0.1) is 0 Å². The lowest BCUT2D eigenvalue weighted by molar-refractivity contribution is -0.113. The van der Waals surface area contributed by atoms with Crippen LogP contribution in [-0.2, 0) is 27.2 Å². The molecule has 4 fully saturated rings. The quantitative estimate of drug-likeness (QED) is 0.170. The van der Waals surface area contributed by atoms with Gasteiger partial charge >= 0.3 is 0 Å². The van der Waals surface area contributed by atoms with Gasteiger partial charge in [-0.05, 0) is 185 Å². The van der Waals surface area contributed by atoms with Crippen molar-refractivity contribution in [2.45, 2.75) is 127 Å². The van der Waals surface area contributed by atoms with E-state index >= 15 is 8.78 Å². The number of ether oxygens (including phenoxy) is 1. The number of hydrogen-bond acceptors (Lipinski definition) is 3. The molecule has 0 amide bonds. The summed E-state index contributed by atoms with van der Waals surface area (Å²) in [5.41, 5.74) is 3.63. The van der Waals surface area contributed by atoms with Crippen molar-refractivity contribution in [2.75, 3.05) is 13.2 Å². The third-order valence-corrected chi connectivity index (χ3v) is 13.0. The highest BCUT2D eigenvalue weighted by Crippen LogP contribution is 2.45. The monoisotopic (exact) mass is 646 g/mol. The molecule has 0 spiro atoms. The fourth-order valence-corrected chi connectivity index (χ4v) is 9.86. The Balaban J connectivity index is 0.883. The highest BCUT2D eigenvalue weighted by Gasteiger charge is 2.33. The number of carbonyl (C=O) groups excluding carboxylic acids is 2. The molecule has 0 saturated heterocycles. The standard InChI is InChI=1S/C42H56F2O3/c43-41-25-39(35-13-9-33(10-14-35)31-5-1-29(27-45)2-6-31)19-17-37(41)21-23-47-24-22-38-18-20-40(26-42(38)44)36-15-11-34(12-16-36)32-7-3-30(28-46)4-8-32/h17-20,25-36H,1-16,21-24H2. The van der Waals surface area contributed by atoms with Crippen molar-refractivity contribution in [3.63, 3.8) is 0 Å². The predicted molar refractivity (Wildman–Crippen MR) is 183 cm³/mol. The number of hydrogen-bond donors (Lipinski definition) is 0. The topological polar surface area (TPSA) is 43.4 Å². The third kappa shape index (κ3) is 8.99. The van der Waals surface area contributed by atoms with Gasteiger partial charge in [-0.25, -0.2) is 8.78 Å². The number of benzene rings is 2. The molecule has 6 rings (SSSR count). The van der Waals surface area contributed by atoms with Crippen LogP contribution in [0.4, 0.5) is 8.78 Å². The van der Waals surface area contributed by atoms with E-state index in [2.05, 4.69) is 12.1 Å². The zero-order chi connectivity index (χ0) is 32.6. The lowest BCUT2D eigenvalue weighted by Crippen LogP contribution is -2.25. The van der Waals surface area contributed by atoms with E-state index in [9.17, 15) is 9.59 Å². The van der Waals surface area contributed by atoms with Gasteiger partial charge in [-0.3, -0.25) is 0 Å². The minimum Gasteiger partial charge on any atom is -0.381 e. The Bertz CT molecular complexity index is 1190. The molecule has 256 valence electrons. The zero-order valence-corrected chi connectivity index (χ0v) is 28.4. The summed E-state index contributed by atoms with van der Waals surface area (Å²) in [6, 6.07) is 11.6. The van der Waals surface area contributed by atoms with Crippen LogP contribution in [0.1, 0.15) is 137 Å². The second kappa shape index (κ2) is 16.8. The summed E-state index contributed by atoms with van der Waals surface area (Å²) < 4.78 is 36.0. The number of carbonyl (C=O) groups is 2. The largest absolute Gasteiger partial charge is 0.381 e. The first-order valence-electron chi connectivity index (χ1n) is 19.1. The Morgan fingerprint density at radius 2 is 0.851 bits per heavy atom. The maximum Gasteiger partial charge on any atom is 0.126 e. The van der Waals surface area contributed by atoms with Crippen molar-refractivity contribution < 1.29 is 23.1 Å². The van der Waals surface area contributed by atoms with Crippen LogP contribution >= 0.6 is 0 Å². The highest BCUT2D eigenvalue weighted by atomic mass is 19.1. The van der Waals surface area contributed by atoms with E-state index in [-0.39, 0.29) is 23.5 Å². The van der Waals surface area contributed by atoms with E-state index in [0.717, 1.165) is 98.7 Å². The molecule has 47 heavy (non-hydrogen) atoms. The summed E-state index contributed by atoms with van der Waals surface area (Å²) in [6.07, 6.45) is 21.7. The molecule has 4 aliphatic carbocycles. The molecule has 0 heterocycles. The van der Waals surface area contributed by atoms with Crippen molar-refractivity contribution in [3.8, 4) is 0 Å². The third-order valence-electron chi connectivity index (χ3n) is 13.0. The van der Waals surface area contributed by atoms with Crippen LogP contribution in [0.15, 0.2) is 36.4 Å². The summed E-state index contributed by atoms with van der Waals surface area (Å²) in [5.74, 6) is 4.23. The Morgan fingerprint density at radius 1 is 0.511 bits per heavy atom. The van der Waals surface area contributed by atoms with E-state index in [1.807, 2.05) is 12.1 Å². The summed E-state index contributed by atoms with van der Waals surface area (Å²) >= 11 is 0. The molecule has 2 aromatic rings. The Labute approximate surface area is 281 Å². The van der Waals surface area contributed by atoms with Crippen LogP contribution in [0.25, 0.3) is 0 Å². The molecule has 4 aliphatic rings. The normalized spacial score (nSPS) is 31.7. The van der Waals surface area contributed by atoms with Crippen LogP contribution in [0.2, 0.25) is 0 Å². The van der Waals surface area contributed by atoms with E-state index < -0.39 is 0 Å². The second-order valence-electron chi connectivity index (χ2n) is 15.7. The van der Waals surface area contributed by atoms with Gasteiger partial charge in [0.1, 0.15) is 24.2 Å². The number of rotatable bonds is 12. The summed E-state index contributed by atoms with van der Waals surface area (Å²) in [6.45, 7) is 0.848. The van der Waals surface area contributed by atoms with E-state index in [1.165, 1.54) is 51.4 Å². The summed E-state index contributed by atoms with van der Waals surface area (Å²) in [4.78, 5) is 22.2. The maximum absolute atomic E-state index is 15.1. The van der Waals surface area contributed by atoms with Crippen molar-refractivity contribution >= 4 is 12.6 Å². The minimum atomic E-state index is -0.138. The fourth-order valence-electron chi connectivity index (χ4n) is 9.86. The van der Waals surface area contributed by atoms with E-state index in [0.29, 0.717) is 49.0 Å². The molecule has 0 bridgehead atoms. The van der Waals surface area contributed by atoms with Gasteiger partial charge in [0.05, 0.1) is 13.2 Å². The molecule has 0 aliphatic heterocycles. The van der Waals surface area contributed by atoms with E-state index in [1.54, 1.807) is 12.1 Å². The van der Waals surface area contributed by atoms with Gasteiger partial charge in [0.2, 0.25) is 0 Å². The summed E-state index contributed by atoms with van der Waals surface area (Å²) in [5, 5.41) is 0. The molecular weight excluding hydrogens is 590 g/mol. The molecule has 4 saturated carbocycles. The molecule has 0 unspecified atom stereocenters. The van der Waals surface area contributed by atoms with Crippen molar-refractivity contribution in [1.82, 2.24) is 0 Å². The SMILES string of the molecule is O=CC1CCC(C2CCC(c3ccc(CCOCCc4ccc(C5CCC(C6CCC(C=O)CC6)CC5)cc4F)c(F)c3)CC2)CC1. The predicted octanol–water partition coefficient (Wildman–Crippen LogP) is 10.3. The van der Waals surface area contributed by atoms with Gasteiger partial charge in [0.25, 0.3) is 0 Å². The van der Waals surface area contributed by atoms with Crippen LogP contribution < -0.4 is 0 Å². The maximum atomic E-state index is 15.1. The van der Waals surface area contributed by atoms with Gasteiger partial charge in [0, 0.05) is 11.8 Å². The molecule has 3 nitrogen and oxygen atoms in total. The average Bonchev–Trinajstić information content (AvgIpc) is 3.13. The minimum absolute atomic E-state index is 0.138. The van der Waals surface area contributed by atoms with Crippen LogP contribution in [0, 0.1) is 47.1 Å². The average molecular weight is 647 g/mol. The molecule has 2 aromatic carbocycles.